The Morgan fingerprint density at radius 2 is 1.91 bits per heavy atom. The van der Waals surface area contributed by atoms with Crippen molar-refractivity contribution in [1.82, 2.24) is 0 Å². The fourth-order valence-electron chi connectivity index (χ4n) is 2.38. The van der Waals surface area contributed by atoms with E-state index in [2.05, 4.69) is 0 Å². The molecule has 0 aliphatic heterocycles. The summed E-state index contributed by atoms with van der Waals surface area (Å²) in [5, 5.41) is 10.4. The highest BCUT2D eigenvalue weighted by Gasteiger charge is 2.15. The second kappa shape index (κ2) is 7.52. The summed E-state index contributed by atoms with van der Waals surface area (Å²) in [6, 6.07) is 10.8. The van der Waals surface area contributed by atoms with Crippen molar-refractivity contribution in [2.24, 2.45) is 0 Å². The Morgan fingerprint density at radius 1 is 1.14 bits per heavy atom. The van der Waals surface area contributed by atoms with Crippen molar-refractivity contribution in [2.75, 3.05) is 7.11 Å². The van der Waals surface area contributed by atoms with Crippen LogP contribution in [0.2, 0.25) is 10.0 Å². The molecule has 2 aromatic rings. The number of halogens is 2. The number of hydrogen-bond acceptors (Lipinski definition) is 2. The molecular formula is C17H16Cl2O3. The van der Waals surface area contributed by atoms with Crippen molar-refractivity contribution in [3.63, 3.8) is 0 Å². The molecule has 3 nitrogen and oxygen atoms in total. The van der Waals surface area contributed by atoms with Crippen LogP contribution in [0.15, 0.2) is 36.4 Å². The summed E-state index contributed by atoms with van der Waals surface area (Å²) in [6.07, 6.45) is 2.26. The van der Waals surface area contributed by atoms with Gasteiger partial charge >= 0.3 is 5.97 Å². The molecule has 0 aliphatic rings. The largest absolute Gasteiger partial charge is 0.496 e. The van der Waals surface area contributed by atoms with E-state index < -0.39 is 5.97 Å². The van der Waals surface area contributed by atoms with Gasteiger partial charge in [0.25, 0.3) is 0 Å². The van der Waals surface area contributed by atoms with Gasteiger partial charge in [0.05, 0.1) is 17.2 Å². The average Bonchev–Trinajstić information content (AvgIpc) is 2.50. The first-order valence-corrected chi connectivity index (χ1v) is 7.61. The molecule has 0 atom stereocenters. The lowest BCUT2D eigenvalue weighted by Crippen LogP contribution is -2.06. The maximum absolute atomic E-state index is 11.4. The third kappa shape index (κ3) is 3.93. The summed E-state index contributed by atoms with van der Waals surface area (Å²) < 4.78 is 5.13. The summed E-state index contributed by atoms with van der Waals surface area (Å²) in [6.45, 7) is 0. The maximum Gasteiger partial charge on any atom is 0.339 e. The van der Waals surface area contributed by atoms with Crippen molar-refractivity contribution >= 4 is 29.2 Å². The molecule has 0 aromatic heterocycles. The number of carboxylic acid groups (broad SMARTS) is 1. The molecule has 1 N–H and O–H groups in total. The molecule has 5 heteroatoms. The maximum atomic E-state index is 11.4. The molecule has 0 fully saturated rings. The molecule has 2 rings (SSSR count). The summed E-state index contributed by atoms with van der Waals surface area (Å²) in [7, 11) is 1.47. The number of aromatic carboxylic acids is 1. The lowest BCUT2D eigenvalue weighted by molar-refractivity contribution is 0.0692. The Kier molecular flexibility index (Phi) is 5.69. The quantitative estimate of drug-likeness (QED) is 0.816. The molecule has 0 saturated heterocycles. The molecule has 0 unspecified atom stereocenters. The molecule has 0 bridgehead atoms. The van der Waals surface area contributed by atoms with Crippen LogP contribution >= 0.6 is 23.2 Å². The van der Waals surface area contributed by atoms with Crippen molar-refractivity contribution in [3.8, 4) is 5.75 Å². The second-order valence-corrected chi connectivity index (χ2v) is 5.72. The number of benzene rings is 2. The summed E-state index contributed by atoms with van der Waals surface area (Å²) >= 11 is 11.9. The van der Waals surface area contributed by atoms with E-state index in [1.807, 2.05) is 18.2 Å². The minimum absolute atomic E-state index is 0.235. The van der Waals surface area contributed by atoms with Gasteiger partial charge in [-0.05, 0) is 48.6 Å². The fraction of sp³-hybridized carbons (Fsp3) is 0.235. The Labute approximate surface area is 139 Å². The van der Waals surface area contributed by atoms with Gasteiger partial charge in [-0.1, -0.05) is 41.4 Å². The van der Waals surface area contributed by atoms with E-state index in [0.29, 0.717) is 22.2 Å². The van der Waals surface area contributed by atoms with E-state index in [1.54, 1.807) is 18.2 Å². The van der Waals surface area contributed by atoms with Gasteiger partial charge in [0.1, 0.15) is 11.3 Å². The van der Waals surface area contributed by atoms with Crippen LogP contribution in [0.3, 0.4) is 0 Å². The third-order valence-corrected chi connectivity index (χ3v) is 4.18. The first-order valence-electron chi connectivity index (χ1n) is 6.86. The van der Waals surface area contributed by atoms with Crippen molar-refractivity contribution in [1.29, 1.82) is 0 Å². The number of aryl methyl sites for hydroxylation is 2. The lowest BCUT2D eigenvalue weighted by atomic mass is 9.99. The first-order chi connectivity index (χ1) is 10.5. The molecular weight excluding hydrogens is 323 g/mol. The molecule has 2 aromatic carbocycles. The second-order valence-electron chi connectivity index (χ2n) is 4.90. The minimum atomic E-state index is -0.970. The van der Waals surface area contributed by atoms with Gasteiger partial charge in [0.15, 0.2) is 0 Å². The summed E-state index contributed by atoms with van der Waals surface area (Å²) in [5.74, 6) is -0.582. The molecule has 116 valence electrons. The van der Waals surface area contributed by atoms with E-state index >= 15 is 0 Å². The van der Waals surface area contributed by atoms with E-state index in [0.717, 1.165) is 24.0 Å². The third-order valence-electron chi connectivity index (χ3n) is 3.44. The minimum Gasteiger partial charge on any atom is -0.496 e. The van der Waals surface area contributed by atoms with E-state index in [-0.39, 0.29) is 5.56 Å². The molecule has 0 aliphatic carbocycles. The monoisotopic (exact) mass is 338 g/mol. The highest BCUT2D eigenvalue weighted by Crippen LogP contribution is 2.25. The van der Waals surface area contributed by atoms with Crippen LogP contribution < -0.4 is 4.74 Å². The SMILES string of the molecule is COc1cccc(CCCc2ccc(Cl)c(Cl)c2)c1C(=O)O. The molecule has 0 radical (unpaired) electrons. The predicted molar refractivity (Wildman–Crippen MR) is 88.4 cm³/mol. The zero-order chi connectivity index (χ0) is 16.1. The van der Waals surface area contributed by atoms with Gasteiger partial charge in [-0.15, -0.1) is 0 Å². The molecule has 0 spiro atoms. The topological polar surface area (TPSA) is 46.5 Å². The number of methoxy groups -OCH3 is 1. The van der Waals surface area contributed by atoms with Crippen LogP contribution in [0.5, 0.6) is 5.75 Å². The van der Waals surface area contributed by atoms with Crippen LogP contribution in [0.1, 0.15) is 27.9 Å². The zero-order valence-electron chi connectivity index (χ0n) is 12.1. The number of carbonyl (C=O) groups is 1. The van der Waals surface area contributed by atoms with Crippen LogP contribution in [0.4, 0.5) is 0 Å². The molecule has 0 amide bonds. The number of hydrogen-bond donors (Lipinski definition) is 1. The van der Waals surface area contributed by atoms with Gasteiger partial charge < -0.3 is 9.84 Å². The predicted octanol–water partition coefficient (Wildman–Crippen LogP) is 4.88. The van der Waals surface area contributed by atoms with E-state index in [1.165, 1.54) is 7.11 Å². The van der Waals surface area contributed by atoms with Crippen LogP contribution in [0, 0.1) is 0 Å². The number of carboxylic acids is 1. The van der Waals surface area contributed by atoms with Crippen LogP contribution in [-0.2, 0) is 12.8 Å². The Morgan fingerprint density at radius 3 is 2.55 bits per heavy atom. The average molecular weight is 339 g/mol. The van der Waals surface area contributed by atoms with Crippen molar-refractivity contribution < 1.29 is 14.6 Å². The summed E-state index contributed by atoms with van der Waals surface area (Å²) in [5.41, 5.74) is 2.08. The Balaban J connectivity index is 2.08. The summed E-state index contributed by atoms with van der Waals surface area (Å²) in [4.78, 5) is 11.4. The van der Waals surface area contributed by atoms with Gasteiger partial charge in [-0.25, -0.2) is 4.79 Å². The first kappa shape index (κ1) is 16.7. The smallest absolute Gasteiger partial charge is 0.339 e. The fourth-order valence-corrected chi connectivity index (χ4v) is 2.70. The van der Waals surface area contributed by atoms with Crippen molar-refractivity contribution in [2.45, 2.75) is 19.3 Å². The molecule has 22 heavy (non-hydrogen) atoms. The van der Waals surface area contributed by atoms with Crippen LogP contribution in [0.25, 0.3) is 0 Å². The van der Waals surface area contributed by atoms with Gasteiger partial charge in [-0.3, -0.25) is 0 Å². The Bertz CT molecular complexity index is 684. The van der Waals surface area contributed by atoms with E-state index in [4.69, 9.17) is 27.9 Å². The van der Waals surface area contributed by atoms with Gasteiger partial charge in [-0.2, -0.15) is 0 Å². The highest BCUT2D eigenvalue weighted by atomic mass is 35.5. The Hall–Kier alpha value is -1.71. The standard InChI is InChI=1S/C17H16Cl2O3/c1-22-15-7-3-6-12(16(15)17(20)21)5-2-4-11-8-9-13(18)14(19)10-11/h3,6-10H,2,4-5H2,1H3,(H,20,21). The number of ether oxygens (including phenoxy) is 1. The number of rotatable bonds is 6. The lowest BCUT2D eigenvalue weighted by Gasteiger charge is -2.10. The van der Waals surface area contributed by atoms with Gasteiger partial charge in [0, 0.05) is 0 Å². The van der Waals surface area contributed by atoms with Crippen LogP contribution in [-0.4, -0.2) is 18.2 Å². The van der Waals surface area contributed by atoms with E-state index in [9.17, 15) is 9.90 Å². The van der Waals surface area contributed by atoms with Crippen molar-refractivity contribution in [3.05, 3.63) is 63.1 Å². The normalized spacial score (nSPS) is 10.5. The highest BCUT2D eigenvalue weighted by molar-refractivity contribution is 6.42. The van der Waals surface area contributed by atoms with Gasteiger partial charge in [0.2, 0.25) is 0 Å². The molecule has 0 saturated carbocycles. The zero-order valence-corrected chi connectivity index (χ0v) is 13.6. The molecule has 0 heterocycles.